The summed E-state index contributed by atoms with van der Waals surface area (Å²) < 4.78 is 0. The summed E-state index contributed by atoms with van der Waals surface area (Å²) in [7, 11) is 0. The molecule has 0 radical (unpaired) electrons. The van der Waals surface area contributed by atoms with Crippen molar-refractivity contribution in [2.24, 2.45) is 0 Å². The molecular weight excluding hydrogens is 228 g/mol. The second-order valence-corrected chi connectivity index (χ2v) is 5.51. The number of fused-ring (bicyclic) bond motifs is 1. The Balaban J connectivity index is 1.62. The third-order valence-electron chi connectivity index (χ3n) is 4.33. The van der Waals surface area contributed by atoms with E-state index >= 15 is 0 Å². The van der Waals surface area contributed by atoms with Crippen LogP contribution >= 0.6 is 0 Å². The molecule has 0 N–H and O–H groups in total. The maximum absolute atomic E-state index is 12.3. The third kappa shape index (κ3) is 2.04. The van der Waals surface area contributed by atoms with Crippen LogP contribution in [0.3, 0.4) is 0 Å². The molecule has 2 amide bonds. The van der Waals surface area contributed by atoms with Gasteiger partial charge in [0.1, 0.15) is 6.04 Å². The molecule has 2 fully saturated rings. The van der Waals surface area contributed by atoms with E-state index in [1.165, 1.54) is 24.8 Å². The molecule has 2 heterocycles. The van der Waals surface area contributed by atoms with Gasteiger partial charge >= 0.3 is 0 Å². The van der Waals surface area contributed by atoms with Gasteiger partial charge < -0.3 is 9.80 Å². The highest BCUT2D eigenvalue weighted by Crippen LogP contribution is 2.25. The predicted octanol–water partition coefficient (Wildman–Crippen LogP) is 1.32. The first kappa shape index (κ1) is 11.8. The Labute approximate surface area is 108 Å². The smallest absolute Gasteiger partial charge is 0.245 e. The summed E-state index contributed by atoms with van der Waals surface area (Å²) in [6.45, 7) is 1.79. The van der Waals surface area contributed by atoms with Gasteiger partial charge in [0.15, 0.2) is 0 Å². The van der Waals surface area contributed by atoms with Crippen molar-refractivity contribution < 1.29 is 9.59 Å². The van der Waals surface area contributed by atoms with Gasteiger partial charge in [-0.3, -0.25) is 9.59 Å². The number of rotatable bonds is 3. The van der Waals surface area contributed by atoms with Crippen molar-refractivity contribution in [1.29, 1.82) is 0 Å². The predicted molar refractivity (Wildman–Crippen MR) is 67.9 cm³/mol. The molecular formula is C14H20N2O2. The minimum absolute atomic E-state index is 0.137. The molecule has 0 aromatic heterocycles. The van der Waals surface area contributed by atoms with E-state index in [4.69, 9.17) is 0 Å². The van der Waals surface area contributed by atoms with Gasteiger partial charge in [-0.25, -0.2) is 0 Å². The molecule has 2 aliphatic heterocycles. The number of amides is 2. The molecule has 1 atom stereocenters. The molecule has 0 bridgehead atoms. The van der Waals surface area contributed by atoms with Crippen LogP contribution in [0.4, 0.5) is 0 Å². The monoisotopic (exact) mass is 248 g/mol. The van der Waals surface area contributed by atoms with Crippen LogP contribution < -0.4 is 0 Å². The minimum Gasteiger partial charge on any atom is -0.331 e. The topological polar surface area (TPSA) is 40.6 Å². The average molecular weight is 248 g/mol. The van der Waals surface area contributed by atoms with Crippen LogP contribution in [0.2, 0.25) is 0 Å². The van der Waals surface area contributed by atoms with Crippen LogP contribution in [-0.4, -0.2) is 47.3 Å². The number of carbonyl (C=O) groups is 2. The molecule has 98 valence electrons. The Hall–Kier alpha value is -1.32. The van der Waals surface area contributed by atoms with Crippen molar-refractivity contribution in [3.05, 3.63) is 11.6 Å². The molecule has 4 heteroatoms. The Morgan fingerprint density at radius 1 is 1.28 bits per heavy atom. The number of hydrogen-bond acceptors (Lipinski definition) is 2. The summed E-state index contributed by atoms with van der Waals surface area (Å²) in [5.74, 6) is 0.309. The molecule has 3 aliphatic rings. The second-order valence-electron chi connectivity index (χ2n) is 5.51. The van der Waals surface area contributed by atoms with Crippen molar-refractivity contribution in [2.45, 2.75) is 44.6 Å². The Kier molecular flexibility index (Phi) is 3.10. The van der Waals surface area contributed by atoms with Crippen molar-refractivity contribution in [3.8, 4) is 0 Å². The van der Waals surface area contributed by atoms with Gasteiger partial charge in [-0.1, -0.05) is 11.6 Å². The second kappa shape index (κ2) is 4.75. The van der Waals surface area contributed by atoms with E-state index in [2.05, 4.69) is 6.08 Å². The number of nitrogens with zero attached hydrogens (tertiary/aromatic N) is 2. The van der Waals surface area contributed by atoms with Crippen LogP contribution in [0, 0.1) is 0 Å². The fourth-order valence-electron chi connectivity index (χ4n) is 3.30. The SMILES string of the molecule is O=C1C2CCCN2C(=O)CN1CCC1=CCCC1. The van der Waals surface area contributed by atoms with E-state index in [0.717, 1.165) is 32.4 Å². The quantitative estimate of drug-likeness (QED) is 0.707. The van der Waals surface area contributed by atoms with Gasteiger partial charge in [0.05, 0.1) is 6.54 Å². The lowest BCUT2D eigenvalue weighted by atomic mass is 10.1. The Morgan fingerprint density at radius 3 is 2.94 bits per heavy atom. The zero-order chi connectivity index (χ0) is 12.5. The molecule has 1 aliphatic carbocycles. The van der Waals surface area contributed by atoms with Gasteiger partial charge in [-0.2, -0.15) is 0 Å². The summed E-state index contributed by atoms with van der Waals surface area (Å²) in [4.78, 5) is 27.8. The largest absolute Gasteiger partial charge is 0.331 e. The van der Waals surface area contributed by atoms with Crippen molar-refractivity contribution in [2.75, 3.05) is 19.6 Å². The first-order valence-electron chi connectivity index (χ1n) is 7.02. The molecule has 4 nitrogen and oxygen atoms in total. The molecule has 3 rings (SSSR count). The van der Waals surface area contributed by atoms with Gasteiger partial charge in [0.25, 0.3) is 0 Å². The van der Waals surface area contributed by atoms with Crippen LogP contribution in [0.5, 0.6) is 0 Å². The van der Waals surface area contributed by atoms with E-state index < -0.39 is 0 Å². The van der Waals surface area contributed by atoms with E-state index in [1.807, 2.05) is 0 Å². The summed E-state index contributed by atoms with van der Waals surface area (Å²) in [5, 5.41) is 0. The highest BCUT2D eigenvalue weighted by molar-refractivity contribution is 5.95. The van der Waals surface area contributed by atoms with Crippen LogP contribution in [0.25, 0.3) is 0 Å². The third-order valence-corrected chi connectivity index (χ3v) is 4.33. The molecule has 18 heavy (non-hydrogen) atoms. The Morgan fingerprint density at radius 2 is 2.17 bits per heavy atom. The number of carbonyl (C=O) groups excluding carboxylic acids is 2. The minimum atomic E-state index is -0.149. The first-order chi connectivity index (χ1) is 8.75. The van der Waals surface area contributed by atoms with Gasteiger partial charge in [-0.05, 0) is 38.5 Å². The lowest BCUT2D eigenvalue weighted by Gasteiger charge is -2.36. The summed E-state index contributed by atoms with van der Waals surface area (Å²) in [5.41, 5.74) is 1.46. The molecule has 0 saturated carbocycles. The molecule has 0 aromatic rings. The van der Waals surface area contributed by atoms with Crippen LogP contribution in [-0.2, 0) is 9.59 Å². The van der Waals surface area contributed by atoms with Crippen LogP contribution in [0.1, 0.15) is 38.5 Å². The molecule has 2 saturated heterocycles. The highest BCUT2D eigenvalue weighted by atomic mass is 16.2. The fourth-order valence-corrected chi connectivity index (χ4v) is 3.30. The maximum Gasteiger partial charge on any atom is 0.245 e. The van der Waals surface area contributed by atoms with Crippen molar-refractivity contribution >= 4 is 11.8 Å². The van der Waals surface area contributed by atoms with E-state index in [-0.39, 0.29) is 17.9 Å². The summed E-state index contributed by atoms with van der Waals surface area (Å²) in [6.07, 6.45) is 8.66. The van der Waals surface area contributed by atoms with Crippen molar-refractivity contribution in [3.63, 3.8) is 0 Å². The van der Waals surface area contributed by atoms with Crippen molar-refractivity contribution in [1.82, 2.24) is 9.80 Å². The highest BCUT2D eigenvalue weighted by Gasteiger charge is 2.41. The lowest BCUT2D eigenvalue weighted by molar-refractivity contribution is -0.153. The van der Waals surface area contributed by atoms with E-state index in [1.54, 1.807) is 9.80 Å². The maximum atomic E-state index is 12.3. The lowest BCUT2D eigenvalue weighted by Crippen LogP contribution is -2.57. The standard InChI is InChI=1S/C14H20N2O2/c17-13-10-15(9-7-11-4-1-2-5-11)14(18)12-6-3-8-16(12)13/h4,12H,1-3,5-10H2. The van der Waals surface area contributed by atoms with Gasteiger partial charge in [-0.15, -0.1) is 0 Å². The zero-order valence-corrected chi connectivity index (χ0v) is 10.7. The van der Waals surface area contributed by atoms with Gasteiger partial charge in [0.2, 0.25) is 11.8 Å². The number of hydrogen-bond donors (Lipinski definition) is 0. The summed E-state index contributed by atoms with van der Waals surface area (Å²) >= 11 is 0. The number of allylic oxidation sites excluding steroid dienone is 1. The first-order valence-corrected chi connectivity index (χ1v) is 7.02. The average Bonchev–Trinajstić information content (AvgIpc) is 3.01. The Bertz CT molecular complexity index is 403. The normalized spacial score (nSPS) is 27.8. The fraction of sp³-hybridized carbons (Fsp3) is 0.714. The number of piperazine rings is 1. The zero-order valence-electron chi connectivity index (χ0n) is 10.7. The molecule has 1 unspecified atom stereocenters. The molecule has 0 spiro atoms. The van der Waals surface area contributed by atoms with Gasteiger partial charge in [0, 0.05) is 13.1 Å². The summed E-state index contributed by atoms with van der Waals surface area (Å²) in [6, 6.07) is -0.149. The van der Waals surface area contributed by atoms with E-state index in [9.17, 15) is 9.59 Å². The van der Waals surface area contributed by atoms with E-state index in [0.29, 0.717) is 6.54 Å². The van der Waals surface area contributed by atoms with Crippen LogP contribution in [0.15, 0.2) is 11.6 Å². The molecule has 0 aromatic carbocycles.